The molecule has 0 radical (unpaired) electrons. The molecule has 1 saturated heterocycles. The second-order valence-corrected chi connectivity index (χ2v) is 8.98. The molecule has 180 valence electrons. The summed E-state index contributed by atoms with van der Waals surface area (Å²) >= 11 is 1.14. The van der Waals surface area contributed by atoms with Crippen LogP contribution in [0.3, 0.4) is 0 Å². The fourth-order valence-corrected chi connectivity index (χ4v) is 4.34. The second-order valence-electron chi connectivity index (χ2n) is 7.76. The monoisotopic (exact) mass is 485 g/mol. The first-order valence-electron chi connectivity index (χ1n) is 10.7. The number of carbonyl (C=O) groups is 2. The molecule has 2 aliphatic heterocycles. The number of nitrogens with zero attached hydrogens (tertiary/aromatic N) is 2. The van der Waals surface area contributed by atoms with Crippen molar-refractivity contribution < 1.29 is 24.9 Å². The minimum absolute atomic E-state index is 0.0849. The molecular formula is C23H27N5O5S. The number of benzene rings is 2. The topological polar surface area (TPSA) is 172 Å². The first-order chi connectivity index (χ1) is 16.3. The lowest BCUT2D eigenvalue weighted by Crippen LogP contribution is -2.29. The number of anilines is 2. The number of hydrogen-bond donors (Lipinski definition) is 6. The molecule has 0 aliphatic carbocycles. The first-order valence-corrected chi connectivity index (χ1v) is 11.6. The van der Waals surface area contributed by atoms with Crippen LogP contribution in [0.5, 0.6) is 17.2 Å². The number of nitrogens with two attached hydrogens (primary N) is 1. The van der Waals surface area contributed by atoms with E-state index in [-0.39, 0.29) is 29.0 Å². The van der Waals surface area contributed by atoms with E-state index >= 15 is 0 Å². The number of aliphatic imine (C=N–C) groups is 1. The van der Waals surface area contributed by atoms with Crippen molar-refractivity contribution in [2.75, 3.05) is 23.3 Å². The van der Waals surface area contributed by atoms with Crippen LogP contribution in [0.15, 0.2) is 41.4 Å². The van der Waals surface area contributed by atoms with Crippen LogP contribution in [0.2, 0.25) is 0 Å². The van der Waals surface area contributed by atoms with Crippen LogP contribution < -0.4 is 16.0 Å². The van der Waals surface area contributed by atoms with Gasteiger partial charge in [0.15, 0.2) is 16.7 Å². The maximum Gasteiger partial charge on any atom is 0.262 e. The van der Waals surface area contributed by atoms with Gasteiger partial charge in [-0.2, -0.15) is 4.99 Å². The summed E-state index contributed by atoms with van der Waals surface area (Å²) in [5.74, 6) is -1.99. The molecule has 1 unspecified atom stereocenters. The average Bonchev–Trinajstić information content (AvgIpc) is 3.15. The van der Waals surface area contributed by atoms with Crippen molar-refractivity contribution in [1.29, 1.82) is 5.41 Å². The standard InChI is InChI=1S/C16H20N4O2S.C7H7NO3/c17-16-19-15(22)13(23-16)10-14(21)18-11-4-6-12(7-5-11)20-8-2-1-3-9-20;8-3-4-1-2-5(9)7(11)6(4)10/h4-7,13H,1-3,8-10H2,(H,18,21)(H2,17,19,22);1-3,8-11H. The molecule has 1 atom stereocenters. The summed E-state index contributed by atoms with van der Waals surface area (Å²) in [6, 6.07) is 10.4. The van der Waals surface area contributed by atoms with Crippen LogP contribution in [0.4, 0.5) is 11.4 Å². The third-order valence-corrected chi connectivity index (χ3v) is 6.30. The Balaban J connectivity index is 0.000000248. The molecule has 2 aromatic rings. The van der Waals surface area contributed by atoms with Crippen molar-refractivity contribution >= 4 is 46.3 Å². The van der Waals surface area contributed by atoms with E-state index in [1.807, 2.05) is 24.3 Å². The van der Waals surface area contributed by atoms with Crippen molar-refractivity contribution in [2.45, 2.75) is 30.9 Å². The maximum absolute atomic E-state index is 12.0. The summed E-state index contributed by atoms with van der Waals surface area (Å²) in [6.45, 7) is 2.18. The smallest absolute Gasteiger partial charge is 0.262 e. The van der Waals surface area contributed by atoms with Crippen molar-refractivity contribution in [3.63, 3.8) is 0 Å². The number of phenolic OH excluding ortho intramolecular Hbond substituents is 3. The summed E-state index contributed by atoms with van der Waals surface area (Å²) in [5, 5.41) is 36.1. The van der Waals surface area contributed by atoms with E-state index in [2.05, 4.69) is 15.2 Å². The third kappa shape index (κ3) is 6.41. The molecule has 2 aromatic carbocycles. The van der Waals surface area contributed by atoms with Gasteiger partial charge in [0, 0.05) is 42.7 Å². The zero-order valence-corrected chi connectivity index (χ0v) is 19.2. The molecule has 2 amide bonds. The van der Waals surface area contributed by atoms with Crippen molar-refractivity contribution in [3.8, 4) is 17.2 Å². The largest absolute Gasteiger partial charge is 0.504 e. The van der Waals surface area contributed by atoms with Crippen LogP contribution >= 0.6 is 11.8 Å². The molecule has 0 saturated carbocycles. The van der Waals surface area contributed by atoms with Crippen LogP contribution in [0.25, 0.3) is 0 Å². The zero-order chi connectivity index (χ0) is 24.7. The highest BCUT2D eigenvalue weighted by Gasteiger charge is 2.29. The number of piperidine rings is 1. The van der Waals surface area contributed by atoms with Crippen LogP contribution in [-0.4, -0.2) is 56.9 Å². The van der Waals surface area contributed by atoms with Gasteiger partial charge in [-0.1, -0.05) is 11.8 Å². The quantitative estimate of drug-likeness (QED) is 0.277. The molecular weight excluding hydrogens is 458 g/mol. The molecule has 0 aromatic heterocycles. The van der Waals surface area contributed by atoms with Gasteiger partial charge in [-0.3, -0.25) is 9.59 Å². The Morgan fingerprint density at radius 1 is 1.12 bits per heavy atom. The molecule has 2 aliphatic rings. The number of rotatable bonds is 5. The lowest BCUT2D eigenvalue weighted by molar-refractivity contribution is -0.121. The zero-order valence-electron chi connectivity index (χ0n) is 18.4. The van der Waals surface area contributed by atoms with E-state index in [0.29, 0.717) is 0 Å². The number of phenols is 3. The Morgan fingerprint density at radius 3 is 2.38 bits per heavy atom. The molecule has 7 N–H and O–H groups in total. The molecule has 0 bridgehead atoms. The molecule has 2 heterocycles. The number of aromatic hydroxyl groups is 3. The normalized spacial score (nSPS) is 17.4. The van der Waals surface area contributed by atoms with Gasteiger partial charge in [-0.05, 0) is 55.7 Å². The highest BCUT2D eigenvalue weighted by atomic mass is 32.2. The average molecular weight is 486 g/mol. The lowest BCUT2D eigenvalue weighted by Gasteiger charge is -2.28. The van der Waals surface area contributed by atoms with Crippen LogP contribution in [0.1, 0.15) is 31.2 Å². The van der Waals surface area contributed by atoms with Gasteiger partial charge in [-0.15, -0.1) is 0 Å². The summed E-state index contributed by atoms with van der Waals surface area (Å²) in [7, 11) is 0. The van der Waals surface area contributed by atoms with E-state index < -0.39 is 22.5 Å². The second kappa shape index (κ2) is 11.4. The molecule has 0 spiro atoms. The fourth-order valence-electron chi connectivity index (χ4n) is 3.52. The van der Waals surface area contributed by atoms with Gasteiger partial charge >= 0.3 is 0 Å². The Hall–Kier alpha value is -3.73. The van der Waals surface area contributed by atoms with Gasteiger partial charge in [0.25, 0.3) is 5.91 Å². The van der Waals surface area contributed by atoms with Gasteiger partial charge in [0.2, 0.25) is 11.7 Å². The fraction of sp³-hybridized carbons (Fsp3) is 0.304. The summed E-state index contributed by atoms with van der Waals surface area (Å²) < 4.78 is 0. The SMILES string of the molecule is N=Cc1ccc(O)c(O)c1O.NC1=NC(=O)C(CC(=O)Nc2ccc(N3CCCCC3)cc2)S1. The maximum atomic E-state index is 12.0. The minimum atomic E-state index is -0.592. The number of nitrogens with one attached hydrogen (secondary N) is 2. The van der Waals surface area contributed by atoms with E-state index in [0.717, 1.165) is 36.8 Å². The van der Waals surface area contributed by atoms with Crippen molar-refractivity contribution in [3.05, 3.63) is 42.0 Å². The predicted molar refractivity (Wildman–Crippen MR) is 133 cm³/mol. The van der Waals surface area contributed by atoms with Crippen molar-refractivity contribution in [1.82, 2.24) is 0 Å². The Kier molecular flexibility index (Phi) is 8.36. The van der Waals surface area contributed by atoms with E-state index in [4.69, 9.17) is 26.5 Å². The van der Waals surface area contributed by atoms with E-state index in [9.17, 15) is 9.59 Å². The minimum Gasteiger partial charge on any atom is -0.504 e. The number of amides is 2. The Labute approximate surface area is 201 Å². The molecule has 1 fully saturated rings. The number of carbonyl (C=O) groups excluding carboxylic acids is 2. The van der Waals surface area contributed by atoms with Gasteiger partial charge < -0.3 is 36.7 Å². The summed E-state index contributed by atoms with van der Waals surface area (Å²) in [4.78, 5) is 29.5. The van der Waals surface area contributed by atoms with Crippen LogP contribution in [0, 0.1) is 5.41 Å². The number of amidine groups is 1. The first kappa shape index (κ1) is 24.9. The predicted octanol–water partition coefficient (Wildman–Crippen LogP) is 2.76. The number of thioether (sulfide) groups is 1. The molecule has 34 heavy (non-hydrogen) atoms. The molecule has 10 nitrogen and oxygen atoms in total. The third-order valence-electron chi connectivity index (χ3n) is 5.32. The van der Waals surface area contributed by atoms with E-state index in [1.54, 1.807) is 0 Å². The van der Waals surface area contributed by atoms with E-state index in [1.165, 1.54) is 37.1 Å². The highest BCUT2D eigenvalue weighted by molar-refractivity contribution is 8.15. The molecule has 11 heteroatoms. The van der Waals surface area contributed by atoms with Gasteiger partial charge in [0.05, 0.1) is 0 Å². The van der Waals surface area contributed by atoms with Crippen LogP contribution in [-0.2, 0) is 9.59 Å². The van der Waals surface area contributed by atoms with Gasteiger partial charge in [-0.25, -0.2) is 0 Å². The van der Waals surface area contributed by atoms with Crippen molar-refractivity contribution in [2.24, 2.45) is 10.7 Å². The Morgan fingerprint density at radius 2 is 1.79 bits per heavy atom. The summed E-state index contributed by atoms with van der Waals surface area (Å²) in [6.07, 6.45) is 4.74. The Bertz CT molecular complexity index is 1080. The lowest BCUT2D eigenvalue weighted by atomic mass is 10.1. The molecule has 4 rings (SSSR count). The van der Waals surface area contributed by atoms with Gasteiger partial charge in [0.1, 0.15) is 5.25 Å². The number of hydrogen-bond acceptors (Lipinski definition) is 9. The highest BCUT2D eigenvalue weighted by Crippen LogP contribution is 2.36. The summed E-state index contributed by atoms with van der Waals surface area (Å²) in [5.41, 5.74) is 7.58.